The maximum absolute atomic E-state index is 12.6. The second kappa shape index (κ2) is 6.89. The molecule has 3 rings (SSSR count). The molecule has 8 heteroatoms. The number of nitrogens with one attached hydrogen (secondary N) is 1. The molecule has 3 aromatic rings. The molecule has 0 aliphatic heterocycles. The molecule has 0 aliphatic rings. The molecule has 0 saturated carbocycles. The van der Waals surface area contributed by atoms with Crippen LogP contribution in [0.5, 0.6) is 11.5 Å². The molecule has 3 aromatic carbocycles. The van der Waals surface area contributed by atoms with Gasteiger partial charge in [0.1, 0.15) is 11.5 Å². The SMILES string of the molecule is COc1cc([N+](=O)[O-])ccc1NC(=O)c1cc(Cl)c2ccccc2c1O. The summed E-state index contributed by atoms with van der Waals surface area (Å²) < 4.78 is 5.09. The van der Waals surface area contributed by atoms with E-state index in [1.165, 1.54) is 31.4 Å². The van der Waals surface area contributed by atoms with Gasteiger partial charge in [-0.25, -0.2) is 0 Å². The first-order chi connectivity index (χ1) is 12.4. The van der Waals surface area contributed by atoms with Crippen LogP contribution in [-0.2, 0) is 0 Å². The number of hydrogen-bond donors (Lipinski definition) is 2. The molecule has 1 amide bonds. The maximum Gasteiger partial charge on any atom is 0.273 e. The molecule has 0 heterocycles. The standard InChI is InChI=1S/C18H13ClN2O5/c1-26-16-8-10(21(24)25)6-7-15(16)20-18(23)13-9-14(19)11-4-2-3-5-12(11)17(13)22/h2-9,22H,1H3,(H,20,23). The van der Waals surface area contributed by atoms with Gasteiger partial charge in [-0.2, -0.15) is 0 Å². The summed E-state index contributed by atoms with van der Waals surface area (Å²) in [6, 6.07) is 12.0. The molecule has 0 aliphatic carbocycles. The molecule has 0 atom stereocenters. The van der Waals surface area contributed by atoms with Crippen LogP contribution < -0.4 is 10.1 Å². The van der Waals surface area contributed by atoms with Crippen LogP contribution in [-0.4, -0.2) is 23.0 Å². The van der Waals surface area contributed by atoms with Gasteiger partial charge in [-0.15, -0.1) is 0 Å². The zero-order chi connectivity index (χ0) is 18.8. The number of aromatic hydroxyl groups is 1. The Balaban J connectivity index is 2.00. The lowest BCUT2D eigenvalue weighted by molar-refractivity contribution is -0.384. The average Bonchev–Trinajstić information content (AvgIpc) is 2.64. The highest BCUT2D eigenvalue weighted by Crippen LogP contribution is 2.35. The number of nitro benzene ring substituents is 1. The highest BCUT2D eigenvalue weighted by Gasteiger charge is 2.19. The Labute approximate surface area is 152 Å². The Hall–Kier alpha value is -3.32. The smallest absolute Gasteiger partial charge is 0.273 e. The van der Waals surface area contributed by atoms with Crippen molar-refractivity contribution >= 4 is 39.7 Å². The largest absolute Gasteiger partial charge is 0.506 e. The number of nitro groups is 1. The third kappa shape index (κ3) is 3.12. The Morgan fingerprint density at radius 2 is 1.88 bits per heavy atom. The second-order valence-electron chi connectivity index (χ2n) is 5.40. The zero-order valence-electron chi connectivity index (χ0n) is 13.5. The minimum absolute atomic E-state index is 0.0193. The van der Waals surface area contributed by atoms with Crippen molar-refractivity contribution in [2.45, 2.75) is 0 Å². The highest BCUT2D eigenvalue weighted by molar-refractivity contribution is 6.36. The van der Waals surface area contributed by atoms with Crippen molar-refractivity contribution < 1.29 is 19.6 Å². The third-order valence-electron chi connectivity index (χ3n) is 3.85. The van der Waals surface area contributed by atoms with Gasteiger partial charge in [0.25, 0.3) is 11.6 Å². The van der Waals surface area contributed by atoms with Gasteiger partial charge in [0.2, 0.25) is 0 Å². The van der Waals surface area contributed by atoms with E-state index in [9.17, 15) is 20.0 Å². The predicted octanol–water partition coefficient (Wildman–Crippen LogP) is 4.37. The number of amides is 1. The number of fused-ring (bicyclic) bond motifs is 1. The van der Waals surface area contributed by atoms with Gasteiger partial charge in [-0.05, 0) is 12.1 Å². The Morgan fingerprint density at radius 1 is 1.19 bits per heavy atom. The van der Waals surface area contributed by atoms with Crippen LogP contribution >= 0.6 is 11.6 Å². The van der Waals surface area contributed by atoms with E-state index in [-0.39, 0.29) is 28.4 Å². The number of ether oxygens (including phenoxy) is 1. The number of halogens is 1. The van der Waals surface area contributed by atoms with E-state index in [1.54, 1.807) is 24.3 Å². The lowest BCUT2D eigenvalue weighted by atomic mass is 10.0. The van der Waals surface area contributed by atoms with Gasteiger partial charge < -0.3 is 15.2 Å². The molecular formula is C18H13ClN2O5. The molecule has 132 valence electrons. The minimum atomic E-state index is -0.623. The molecule has 2 N–H and O–H groups in total. The number of carbonyl (C=O) groups is 1. The summed E-state index contributed by atoms with van der Waals surface area (Å²) >= 11 is 6.20. The first kappa shape index (κ1) is 17.5. The van der Waals surface area contributed by atoms with Gasteiger partial charge in [-0.3, -0.25) is 14.9 Å². The van der Waals surface area contributed by atoms with Gasteiger partial charge in [0, 0.05) is 21.9 Å². The van der Waals surface area contributed by atoms with Crippen molar-refractivity contribution in [2.24, 2.45) is 0 Å². The van der Waals surface area contributed by atoms with Crippen molar-refractivity contribution in [2.75, 3.05) is 12.4 Å². The van der Waals surface area contributed by atoms with Gasteiger partial charge in [0.15, 0.2) is 0 Å². The number of hydrogen-bond acceptors (Lipinski definition) is 5. The number of phenolic OH excluding ortho intramolecular Hbond substituents is 1. The first-order valence-corrected chi connectivity index (χ1v) is 7.84. The van der Waals surface area contributed by atoms with Crippen molar-refractivity contribution in [3.8, 4) is 11.5 Å². The van der Waals surface area contributed by atoms with E-state index in [0.717, 1.165) is 0 Å². The van der Waals surface area contributed by atoms with Crippen LogP contribution in [0.4, 0.5) is 11.4 Å². The first-order valence-electron chi connectivity index (χ1n) is 7.46. The van der Waals surface area contributed by atoms with Crippen LogP contribution in [0.1, 0.15) is 10.4 Å². The number of anilines is 1. The fraction of sp³-hybridized carbons (Fsp3) is 0.0556. The molecule has 7 nitrogen and oxygen atoms in total. The number of rotatable bonds is 4. The van der Waals surface area contributed by atoms with Crippen LogP contribution in [0.25, 0.3) is 10.8 Å². The van der Waals surface area contributed by atoms with Gasteiger partial charge in [-0.1, -0.05) is 35.9 Å². The molecule has 0 fully saturated rings. The van der Waals surface area contributed by atoms with E-state index < -0.39 is 10.8 Å². The molecular weight excluding hydrogens is 360 g/mol. The van der Waals surface area contributed by atoms with Crippen LogP contribution in [0.2, 0.25) is 5.02 Å². The Bertz CT molecular complexity index is 1040. The molecule has 0 bridgehead atoms. The van der Waals surface area contributed by atoms with E-state index in [2.05, 4.69) is 5.32 Å². The summed E-state index contributed by atoms with van der Waals surface area (Å²) in [5.41, 5.74) is 0.0392. The molecule has 0 spiro atoms. The molecule has 0 unspecified atom stereocenters. The summed E-state index contributed by atoms with van der Waals surface area (Å²) in [4.78, 5) is 22.9. The highest BCUT2D eigenvalue weighted by atomic mass is 35.5. The van der Waals surface area contributed by atoms with E-state index >= 15 is 0 Å². The van der Waals surface area contributed by atoms with Crippen molar-refractivity contribution in [1.82, 2.24) is 0 Å². The maximum atomic E-state index is 12.6. The van der Waals surface area contributed by atoms with Gasteiger partial charge in [0.05, 0.1) is 29.4 Å². The number of nitrogens with zero attached hydrogens (tertiary/aromatic N) is 1. The number of benzene rings is 3. The third-order valence-corrected chi connectivity index (χ3v) is 4.17. The van der Waals surface area contributed by atoms with E-state index in [4.69, 9.17) is 16.3 Å². The summed E-state index contributed by atoms with van der Waals surface area (Å²) in [6.45, 7) is 0. The van der Waals surface area contributed by atoms with Crippen molar-refractivity contribution in [3.63, 3.8) is 0 Å². The van der Waals surface area contributed by atoms with Crippen LogP contribution in [0.15, 0.2) is 48.5 Å². The predicted molar refractivity (Wildman–Crippen MR) is 98.2 cm³/mol. The Kier molecular flexibility index (Phi) is 4.64. The molecule has 26 heavy (non-hydrogen) atoms. The van der Waals surface area contributed by atoms with Gasteiger partial charge >= 0.3 is 0 Å². The lowest BCUT2D eigenvalue weighted by Gasteiger charge is -2.12. The summed E-state index contributed by atoms with van der Waals surface area (Å²) in [5.74, 6) is -0.704. The number of non-ortho nitro benzene ring substituents is 1. The fourth-order valence-electron chi connectivity index (χ4n) is 2.58. The van der Waals surface area contributed by atoms with E-state index in [0.29, 0.717) is 15.8 Å². The number of methoxy groups -OCH3 is 1. The van der Waals surface area contributed by atoms with E-state index in [1.807, 2.05) is 0 Å². The quantitative estimate of drug-likeness (QED) is 0.523. The van der Waals surface area contributed by atoms with Crippen molar-refractivity contribution in [3.05, 3.63) is 69.2 Å². The number of phenols is 1. The van der Waals surface area contributed by atoms with Crippen LogP contribution in [0, 0.1) is 10.1 Å². The Morgan fingerprint density at radius 3 is 2.54 bits per heavy atom. The second-order valence-corrected chi connectivity index (χ2v) is 5.80. The topological polar surface area (TPSA) is 102 Å². The number of carbonyl (C=O) groups excluding carboxylic acids is 1. The van der Waals surface area contributed by atoms with Crippen LogP contribution in [0.3, 0.4) is 0 Å². The average molecular weight is 373 g/mol. The minimum Gasteiger partial charge on any atom is -0.506 e. The molecule has 0 saturated heterocycles. The molecule has 0 radical (unpaired) electrons. The summed E-state index contributed by atoms with van der Waals surface area (Å²) in [5, 5.41) is 25.2. The summed E-state index contributed by atoms with van der Waals surface area (Å²) in [6.07, 6.45) is 0. The normalized spacial score (nSPS) is 10.5. The monoisotopic (exact) mass is 372 g/mol. The van der Waals surface area contributed by atoms with Crippen molar-refractivity contribution in [1.29, 1.82) is 0 Å². The molecule has 0 aromatic heterocycles. The fourth-order valence-corrected chi connectivity index (χ4v) is 2.85. The summed E-state index contributed by atoms with van der Waals surface area (Å²) in [7, 11) is 1.33. The zero-order valence-corrected chi connectivity index (χ0v) is 14.3. The lowest BCUT2D eigenvalue weighted by Crippen LogP contribution is -2.13.